The molecule has 1 aliphatic rings. The number of benzene rings is 3. The van der Waals surface area contributed by atoms with E-state index in [4.69, 9.17) is 33.3 Å². The van der Waals surface area contributed by atoms with Gasteiger partial charge in [-0.15, -0.1) is 0 Å². The van der Waals surface area contributed by atoms with E-state index in [1.54, 1.807) is 55.6 Å². The number of hydrogen-bond acceptors (Lipinski definition) is 5. The van der Waals surface area contributed by atoms with E-state index in [9.17, 15) is 9.59 Å². The molecule has 7 nitrogen and oxygen atoms in total. The summed E-state index contributed by atoms with van der Waals surface area (Å²) in [6.07, 6.45) is 0.599. The van der Waals surface area contributed by atoms with Crippen LogP contribution in [0, 0.1) is 0 Å². The highest BCUT2D eigenvalue weighted by Gasteiger charge is 2.43. The number of nitrogens with zero attached hydrogens (tertiary/aromatic N) is 2. The van der Waals surface area contributed by atoms with Gasteiger partial charge in [-0.25, -0.2) is 0 Å². The molecular weight excluding hydrogens is 510 g/mol. The molecule has 1 fully saturated rings. The van der Waals surface area contributed by atoms with E-state index >= 15 is 0 Å². The summed E-state index contributed by atoms with van der Waals surface area (Å²) < 4.78 is 10.7. The highest BCUT2D eigenvalue weighted by molar-refractivity contribution is 7.80. The molecule has 1 atom stereocenters. The first-order valence-electron chi connectivity index (χ1n) is 12.0. The van der Waals surface area contributed by atoms with Crippen LogP contribution in [0.4, 0.5) is 11.4 Å². The first kappa shape index (κ1) is 26.4. The highest BCUT2D eigenvalue weighted by Crippen LogP contribution is 2.29. The van der Waals surface area contributed by atoms with Gasteiger partial charge in [-0.05, 0) is 91.8 Å². The first-order chi connectivity index (χ1) is 17.9. The molecule has 0 radical (unpaired) electrons. The van der Waals surface area contributed by atoms with Crippen molar-refractivity contribution >= 4 is 52.1 Å². The summed E-state index contributed by atoms with van der Waals surface area (Å²) in [5, 5.41) is 3.80. The molecule has 192 valence electrons. The normalized spacial score (nSPS) is 15.2. The van der Waals surface area contributed by atoms with E-state index in [1.165, 1.54) is 4.90 Å². The minimum atomic E-state index is -0.732. The number of hydrogen-bond donors (Lipinski definition) is 1. The van der Waals surface area contributed by atoms with Crippen LogP contribution < -0.4 is 19.7 Å². The fourth-order valence-electron chi connectivity index (χ4n) is 4.15. The van der Waals surface area contributed by atoms with Gasteiger partial charge in [-0.3, -0.25) is 14.5 Å². The van der Waals surface area contributed by atoms with Gasteiger partial charge in [-0.2, -0.15) is 0 Å². The van der Waals surface area contributed by atoms with Gasteiger partial charge in [0.15, 0.2) is 5.11 Å². The standard InChI is InChI=1S/C28H28ClN3O4S/c1-3-36-24-14-8-21(9-15-24)30-26(33)18-25-27(34)32(22-10-6-20(29)7-11-22)28(37)31(25)17-16-19-4-12-23(35-2)13-5-19/h4-15,25H,3,16-18H2,1-2H3,(H,30,33). The Balaban J connectivity index is 1.51. The van der Waals surface area contributed by atoms with Crippen LogP contribution in [0.3, 0.4) is 0 Å². The van der Waals surface area contributed by atoms with Crippen LogP contribution in [-0.4, -0.2) is 48.1 Å². The van der Waals surface area contributed by atoms with Gasteiger partial charge in [-0.1, -0.05) is 23.7 Å². The molecule has 1 saturated heterocycles. The molecule has 0 bridgehead atoms. The van der Waals surface area contributed by atoms with E-state index in [0.717, 1.165) is 17.1 Å². The summed E-state index contributed by atoms with van der Waals surface area (Å²) in [7, 11) is 1.62. The number of anilines is 2. The van der Waals surface area contributed by atoms with Crippen molar-refractivity contribution in [2.24, 2.45) is 0 Å². The van der Waals surface area contributed by atoms with E-state index in [1.807, 2.05) is 36.1 Å². The lowest BCUT2D eigenvalue weighted by atomic mass is 10.1. The molecule has 0 aromatic heterocycles. The van der Waals surface area contributed by atoms with Gasteiger partial charge in [0.25, 0.3) is 5.91 Å². The maximum Gasteiger partial charge on any atom is 0.256 e. The molecule has 1 aliphatic heterocycles. The largest absolute Gasteiger partial charge is 0.497 e. The fraction of sp³-hybridized carbons (Fsp3) is 0.250. The van der Waals surface area contributed by atoms with Crippen molar-refractivity contribution in [3.05, 3.63) is 83.4 Å². The van der Waals surface area contributed by atoms with Gasteiger partial charge in [0.2, 0.25) is 5.91 Å². The van der Waals surface area contributed by atoms with Crippen molar-refractivity contribution in [1.29, 1.82) is 0 Å². The summed E-state index contributed by atoms with van der Waals surface area (Å²) in [4.78, 5) is 29.9. The number of nitrogens with one attached hydrogen (secondary N) is 1. The van der Waals surface area contributed by atoms with Crippen molar-refractivity contribution in [2.45, 2.75) is 25.8 Å². The van der Waals surface area contributed by atoms with Gasteiger partial charge in [0.1, 0.15) is 17.5 Å². The van der Waals surface area contributed by atoms with Gasteiger partial charge in [0.05, 0.1) is 25.8 Å². The number of rotatable bonds is 10. The zero-order valence-corrected chi connectivity index (χ0v) is 22.2. The Bertz CT molecular complexity index is 1250. The van der Waals surface area contributed by atoms with Crippen molar-refractivity contribution < 1.29 is 19.1 Å². The third-order valence-corrected chi connectivity index (χ3v) is 6.70. The minimum Gasteiger partial charge on any atom is -0.497 e. The molecule has 37 heavy (non-hydrogen) atoms. The average molecular weight is 538 g/mol. The quantitative estimate of drug-likeness (QED) is 0.353. The second-order valence-corrected chi connectivity index (χ2v) is 9.25. The Morgan fingerprint density at radius 2 is 1.65 bits per heavy atom. The number of halogens is 1. The molecule has 4 rings (SSSR count). The van der Waals surface area contributed by atoms with Gasteiger partial charge in [0, 0.05) is 17.3 Å². The van der Waals surface area contributed by atoms with Crippen LogP contribution >= 0.6 is 23.8 Å². The van der Waals surface area contributed by atoms with Crippen molar-refractivity contribution in [3.8, 4) is 11.5 Å². The second-order valence-electron chi connectivity index (χ2n) is 8.45. The third kappa shape index (κ3) is 6.39. The van der Waals surface area contributed by atoms with E-state index < -0.39 is 6.04 Å². The molecule has 0 aliphatic carbocycles. The molecule has 9 heteroatoms. The van der Waals surface area contributed by atoms with Crippen LogP contribution in [0.1, 0.15) is 18.9 Å². The number of methoxy groups -OCH3 is 1. The summed E-state index contributed by atoms with van der Waals surface area (Å²) in [5.41, 5.74) is 2.31. The van der Waals surface area contributed by atoms with Crippen LogP contribution in [0.5, 0.6) is 11.5 Å². The maximum absolute atomic E-state index is 13.6. The Hall–Kier alpha value is -3.62. The number of amides is 2. The number of carbonyl (C=O) groups is 2. The van der Waals surface area contributed by atoms with Crippen molar-refractivity contribution in [2.75, 3.05) is 30.5 Å². The van der Waals surface area contributed by atoms with Crippen molar-refractivity contribution in [1.82, 2.24) is 4.90 Å². The van der Waals surface area contributed by atoms with E-state index in [0.29, 0.717) is 41.1 Å². The van der Waals surface area contributed by atoms with Crippen LogP contribution in [0.25, 0.3) is 0 Å². The van der Waals surface area contributed by atoms with E-state index in [-0.39, 0.29) is 18.2 Å². The number of ether oxygens (including phenoxy) is 2. The molecule has 0 spiro atoms. The molecule has 2 amide bonds. The number of thiocarbonyl (C=S) groups is 1. The Labute approximate surface area is 226 Å². The Kier molecular flexibility index (Phi) is 8.63. The second kappa shape index (κ2) is 12.1. The molecule has 3 aromatic carbocycles. The minimum absolute atomic E-state index is 0.0428. The van der Waals surface area contributed by atoms with Crippen LogP contribution in [-0.2, 0) is 16.0 Å². The fourth-order valence-corrected chi connectivity index (χ4v) is 4.69. The van der Waals surface area contributed by atoms with Gasteiger partial charge < -0.3 is 19.7 Å². The lowest BCUT2D eigenvalue weighted by Gasteiger charge is -2.24. The molecule has 1 unspecified atom stereocenters. The predicted octanol–water partition coefficient (Wildman–Crippen LogP) is 5.32. The molecule has 1 N–H and O–H groups in total. The predicted molar refractivity (Wildman–Crippen MR) is 150 cm³/mol. The van der Waals surface area contributed by atoms with E-state index in [2.05, 4.69) is 5.32 Å². The zero-order chi connectivity index (χ0) is 26.4. The number of carbonyl (C=O) groups excluding carboxylic acids is 2. The van der Waals surface area contributed by atoms with Gasteiger partial charge >= 0.3 is 0 Å². The smallest absolute Gasteiger partial charge is 0.256 e. The maximum atomic E-state index is 13.6. The van der Waals surface area contributed by atoms with Crippen molar-refractivity contribution in [3.63, 3.8) is 0 Å². The topological polar surface area (TPSA) is 71.1 Å². The average Bonchev–Trinajstić information content (AvgIpc) is 3.13. The molecular formula is C28H28ClN3O4S. The van der Waals surface area contributed by atoms with Crippen LogP contribution in [0.15, 0.2) is 72.8 Å². The SMILES string of the molecule is CCOc1ccc(NC(=O)CC2C(=O)N(c3ccc(Cl)cc3)C(=S)N2CCc2ccc(OC)cc2)cc1. The third-order valence-electron chi connectivity index (χ3n) is 6.03. The molecule has 1 heterocycles. The zero-order valence-electron chi connectivity index (χ0n) is 20.6. The summed E-state index contributed by atoms with van der Waals surface area (Å²) in [6.45, 7) is 2.94. The molecule has 0 saturated carbocycles. The summed E-state index contributed by atoms with van der Waals surface area (Å²) >= 11 is 11.8. The summed E-state index contributed by atoms with van der Waals surface area (Å²) in [5.74, 6) is 0.968. The Morgan fingerprint density at radius 3 is 2.27 bits per heavy atom. The Morgan fingerprint density at radius 1 is 1.00 bits per heavy atom. The lowest BCUT2D eigenvalue weighted by molar-refractivity contribution is -0.124. The highest BCUT2D eigenvalue weighted by atomic mass is 35.5. The lowest BCUT2D eigenvalue weighted by Crippen LogP contribution is -2.39. The molecule has 3 aromatic rings. The monoisotopic (exact) mass is 537 g/mol. The first-order valence-corrected chi connectivity index (χ1v) is 12.7. The summed E-state index contributed by atoms with van der Waals surface area (Å²) in [6, 6.07) is 21.0. The van der Waals surface area contributed by atoms with Crippen LogP contribution in [0.2, 0.25) is 5.02 Å².